The second-order valence-corrected chi connectivity index (χ2v) is 10.8. The third kappa shape index (κ3) is 12.8. The Labute approximate surface area is 275 Å². The molecule has 0 aliphatic heterocycles. The minimum Gasteiger partial charge on any atom is -0.494 e. The second-order valence-electron chi connectivity index (χ2n) is 10.8. The summed E-state index contributed by atoms with van der Waals surface area (Å²) in [5.41, 5.74) is 7.45. The smallest absolute Gasteiger partial charge is 0.119 e. The van der Waals surface area contributed by atoms with Crippen molar-refractivity contribution in [2.45, 2.75) is 80.1 Å². The molecule has 0 aliphatic carbocycles. The van der Waals surface area contributed by atoms with Crippen molar-refractivity contribution in [3.05, 3.63) is 113 Å². The Hall–Kier alpha value is -5.14. The molecule has 0 unspecified atom stereocenters. The van der Waals surface area contributed by atoms with Crippen LogP contribution in [0.1, 0.15) is 87.6 Å². The Morgan fingerprint density at radius 2 is 1.02 bits per heavy atom. The number of benzene rings is 4. The fourth-order valence-corrected chi connectivity index (χ4v) is 4.25. The SMILES string of the molecule is C.CCCCCCOc1ccc(N=Nc2ccc(C)c(C#N)c2)cc1.CCCCc1ccc(N=Nc2ccc(C)c(C#N)c2)cc1. The fourth-order valence-electron chi connectivity index (χ4n) is 4.25. The molecule has 0 radical (unpaired) electrons. The first-order valence-corrected chi connectivity index (χ1v) is 15.6. The topological polar surface area (TPSA) is 106 Å². The molecule has 0 aromatic heterocycles. The number of ether oxygens (including phenoxy) is 1. The molecule has 4 rings (SSSR count). The van der Waals surface area contributed by atoms with Gasteiger partial charge in [0.2, 0.25) is 0 Å². The molecule has 7 nitrogen and oxygen atoms in total. The van der Waals surface area contributed by atoms with Gasteiger partial charge in [-0.05, 0) is 110 Å². The molecule has 0 saturated carbocycles. The largest absolute Gasteiger partial charge is 0.494 e. The van der Waals surface area contributed by atoms with Crippen molar-refractivity contribution in [2.24, 2.45) is 20.5 Å². The van der Waals surface area contributed by atoms with Crippen LogP contribution in [0, 0.1) is 36.5 Å². The number of nitriles is 2. The van der Waals surface area contributed by atoms with Gasteiger partial charge in [-0.25, -0.2) is 0 Å². The zero-order valence-electron chi connectivity index (χ0n) is 26.8. The van der Waals surface area contributed by atoms with Crippen LogP contribution in [0.4, 0.5) is 22.7 Å². The Kier molecular flexibility index (Phi) is 16.7. The van der Waals surface area contributed by atoms with Gasteiger partial charge in [-0.1, -0.05) is 71.2 Å². The van der Waals surface area contributed by atoms with Crippen molar-refractivity contribution in [3.63, 3.8) is 0 Å². The molecule has 4 aromatic carbocycles. The highest BCUT2D eigenvalue weighted by Gasteiger charge is 2.01. The first-order valence-electron chi connectivity index (χ1n) is 15.6. The number of aryl methyl sites for hydroxylation is 3. The van der Waals surface area contributed by atoms with Crippen LogP contribution in [0.15, 0.2) is 105 Å². The molecule has 0 atom stereocenters. The van der Waals surface area contributed by atoms with E-state index in [4.69, 9.17) is 15.3 Å². The molecule has 0 bridgehead atoms. The van der Waals surface area contributed by atoms with Gasteiger partial charge >= 0.3 is 0 Å². The van der Waals surface area contributed by atoms with Crippen molar-refractivity contribution < 1.29 is 4.74 Å². The first kappa shape index (κ1) is 37.0. The summed E-state index contributed by atoms with van der Waals surface area (Å²) in [4.78, 5) is 0. The molecule has 4 aromatic rings. The molecular formula is C39H46N6O. The van der Waals surface area contributed by atoms with Gasteiger partial charge in [-0.2, -0.15) is 31.0 Å². The van der Waals surface area contributed by atoms with Crippen molar-refractivity contribution in [3.8, 4) is 17.9 Å². The number of rotatable bonds is 13. The number of hydrogen-bond donors (Lipinski definition) is 0. The van der Waals surface area contributed by atoms with Gasteiger partial charge in [-0.3, -0.25) is 0 Å². The molecule has 0 fully saturated rings. The van der Waals surface area contributed by atoms with Crippen molar-refractivity contribution in [1.29, 1.82) is 10.5 Å². The van der Waals surface area contributed by atoms with E-state index < -0.39 is 0 Å². The number of nitrogens with zero attached hydrogens (tertiary/aromatic N) is 6. The predicted molar refractivity (Wildman–Crippen MR) is 188 cm³/mol. The Balaban J connectivity index is 0.000000316. The highest BCUT2D eigenvalue weighted by Crippen LogP contribution is 2.24. The third-order valence-corrected chi connectivity index (χ3v) is 7.10. The van der Waals surface area contributed by atoms with Crippen LogP contribution in [0.25, 0.3) is 0 Å². The van der Waals surface area contributed by atoms with Crippen LogP contribution in [0.2, 0.25) is 0 Å². The molecule has 0 amide bonds. The molecular weight excluding hydrogens is 568 g/mol. The lowest BCUT2D eigenvalue weighted by molar-refractivity contribution is 0.305. The third-order valence-electron chi connectivity index (χ3n) is 7.10. The van der Waals surface area contributed by atoms with Crippen LogP contribution < -0.4 is 4.74 Å². The molecule has 0 N–H and O–H groups in total. The highest BCUT2D eigenvalue weighted by atomic mass is 16.5. The van der Waals surface area contributed by atoms with E-state index in [1.807, 2.05) is 74.5 Å². The maximum Gasteiger partial charge on any atom is 0.119 e. The van der Waals surface area contributed by atoms with Crippen LogP contribution in [0.3, 0.4) is 0 Å². The van der Waals surface area contributed by atoms with Gasteiger partial charge in [0, 0.05) is 0 Å². The maximum atomic E-state index is 9.04. The van der Waals surface area contributed by atoms with Crippen molar-refractivity contribution >= 4 is 22.7 Å². The lowest BCUT2D eigenvalue weighted by atomic mass is 10.1. The lowest BCUT2D eigenvalue weighted by Gasteiger charge is -2.05. The number of unbranched alkanes of at least 4 members (excludes halogenated alkanes) is 4. The standard InChI is InChI=1S/C20H23N3O.C18H19N3.CH4/c1-3-4-5-6-13-24-20-11-9-18(10-12-20)22-23-19-8-7-16(2)17(14-19)15-21;1-3-4-5-15-7-10-17(11-8-15)20-21-18-9-6-14(2)16(12-18)13-19;/h7-12,14H,3-6,13H2,1-2H3;6-12H,3-5H2,1-2H3;1H4. The number of azo groups is 2. The van der Waals surface area contributed by atoms with Crippen LogP contribution >= 0.6 is 0 Å². The molecule has 46 heavy (non-hydrogen) atoms. The minimum absolute atomic E-state index is 0. The predicted octanol–water partition coefficient (Wildman–Crippen LogP) is 12.5. The molecule has 0 saturated heterocycles. The lowest BCUT2D eigenvalue weighted by Crippen LogP contribution is -1.96. The summed E-state index contributed by atoms with van der Waals surface area (Å²) in [6, 6.07) is 31.0. The van der Waals surface area contributed by atoms with E-state index >= 15 is 0 Å². The summed E-state index contributed by atoms with van der Waals surface area (Å²) >= 11 is 0. The Morgan fingerprint density at radius 3 is 1.50 bits per heavy atom. The van der Waals surface area contributed by atoms with E-state index in [1.54, 1.807) is 12.1 Å². The van der Waals surface area contributed by atoms with Gasteiger partial charge in [0.15, 0.2) is 0 Å². The van der Waals surface area contributed by atoms with Crippen LogP contribution in [-0.2, 0) is 6.42 Å². The summed E-state index contributed by atoms with van der Waals surface area (Å²) < 4.78 is 5.71. The van der Waals surface area contributed by atoms with E-state index in [1.165, 1.54) is 37.7 Å². The number of hydrogen-bond acceptors (Lipinski definition) is 7. The monoisotopic (exact) mass is 614 g/mol. The van der Waals surface area contributed by atoms with Gasteiger partial charge in [0.05, 0.1) is 52.6 Å². The summed E-state index contributed by atoms with van der Waals surface area (Å²) in [5.74, 6) is 0.854. The summed E-state index contributed by atoms with van der Waals surface area (Å²) in [5, 5.41) is 34.8. The van der Waals surface area contributed by atoms with Gasteiger partial charge in [0.1, 0.15) is 5.75 Å². The van der Waals surface area contributed by atoms with Gasteiger partial charge < -0.3 is 4.74 Å². The second kappa shape index (κ2) is 20.7. The van der Waals surface area contributed by atoms with E-state index in [2.05, 4.69) is 58.6 Å². The maximum absolute atomic E-state index is 9.04. The van der Waals surface area contributed by atoms with E-state index in [0.717, 1.165) is 47.7 Å². The summed E-state index contributed by atoms with van der Waals surface area (Å²) in [7, 11) is 0. The van der Waals surface area contributed by atoms with E-state index in [-0.39, 0.29) is 7.43 Å². The van der Waals surface area contributed by atoms with Crippen LogP contribution in [-0.4, -0.2) is 6.61 Å². The molecule has 0 aliphatic rings. The van der Waals surface area contributed by atoms with E-state index in [0.29, 0.717) is 22.5 Å². The van der Waals surface area contributed by atoms with Gasteiger partial charge in [0.25, 0.3) is 0 Å². The molecule has 0 spiro atoms. The fraction of sp³-hybridized carbons (Fsp3) is 0.333. The average Bonchev–Trinajstić information content (AvgIpc) is 3.07. The minimum atomic E-state index is 0. The highest BCUT2D eigenvalue weighted by molar-refractivity contribution is 5.50. The first-order chi connectivity index (χ1) is 21.9. The van der Waals surface area contributed by atoms with Gasteiger partial charge in [-0.15, -0.1) is 0 Å². The molecule has 0 heterocycles. The Morgan fingerprint density at radius 1 is 0.565 bits per heavy atom. The zero-order valence-corrected chi connectivity index (χ0v) is 26.8. The molecule has 238 valence electrons. The van der Waals surface area contributed by atoms with Crippen molar-refractivity contribution in [1.82, 2.24) is 0 Å². The average molecular weight is 615 g/mol. The van der Waals surface area contributed by atoms with Crippen LogP contribution in [0.5, 0.6) is 5.75 Å². The summed E-state index contributed by atoms with van der Waals surface area (Å²) in [6.45, 7) is 8.96. The van der Waals surface area contributed by atoms with Crippen molar-refractivity contribution in [2.75, 3.05) is 6.61 Å². The zero-order chi connectivity index (χ0) is 32.3. The van der Waals surface area contributed by atoms with E-state index in [9.17, 15) is 0 Å². The Bertz CT molecular complexity index is 1630. The normalized spacial score (nSPS) is 10.5. The quantitative estimate of drug-likeness (QED) is 0.110. The summed E-state index contributed by atoms with van der Waals surface area (Å²) in [6.07, 6.45) is 8.31. The molecule has 7 heteroatoms.